The van der Waals surface area contributed by atoms with Gasteiger partial charge in [-0.15, -0.1) is 0 Å². The van der Waals surface area contributed by atoms with Gasteiger partial charge in [0.1, 0.15) is 17.0 Å². The third-order valence-electron chi connectivity index (χ3n) is 4.04. The second kappa shape index (κ2) is 6.70. The summed E-state index contributed by atoms with van der Waals surface area (Å²) < 4.78 is 18.9. The van der Waals surface area contributed by atoms with E-state index >= 15 is 0 Å². The molecule has 3 heteroatoms. The van der Waals surface area contributed by atoms with Gasteiger partial charge < -0.3 is 4.42 Å². The van der Waals surface area contributed by atoms with Crippen molar-refractivity contribution < 1.29 is 8.81 Å². The monoisotopic (exact) mass is 340 g/mol. The Bertz CT molecular complexity index is 1200. The second-order valence-electron chi connectivity index (χ2n) is 5.76. The van der Waals surface area contributed by atoms with Gasteiger partial charge in [0.05, 0.1) is 0 Å². The molecule has 2 nitrogen and oxygen atoms in total. The molecule has 0 aliphatic rings. The molecule has 0 saturated heterocycles. The first-order valence-corrected chi connectivity index (χ1v) is 8.11. The molecule has 1 heterocycles. The number of fused-ring (bicyclic) bond motifs is 1. The van der Waals surface area contributed by atoms with Gasteiger partial charge in [0.15, 0.2) is 0 Å². The molecule has 0 amide bonds. The summed E-state index contributed by atoms with van der Waals surface area (Å²) in [7, 11) is 0. The zero-order valence-electron chi connectivity index (χ0n) is 13.7. The molecule has 0 aliphatic heterocycles. The van der Waals surface area contributed by atoms with Crippen LogP contribution in [0.15, 0.2) is 88.1 Å². The lowest BCUT2D eigenvalue weighted by Gasteiger charge is -2.08. The van der Waals surface area contributed by atoms with Gasteiger partial charge >= 0.3 is 5.63 Å². The molecule has 0 radical (unpaired) electrons. The smallest absolute Gasteiger partial charge is 0.352 e. The fourth-order valence-electron chi connectivity index (χ4n) is 2.85. The van der Waals surface area contributed by atoms with Crippen LogP contribution in [-0.4, -0.2) is 0 Å². The molecule has 0 bridgehead atoms. The maximum Gasteiger partial charge on any atom is 0.352 e. The third-order valence-corrected chi connectivity index (χ3v) is 4.04. The SMILES string of the molecule is O=c1oc2cc(F)ccc2c(-c2ccccc2)c1C#Cc1ccccc1. The zero-order valence-corrected chi connectivity index (χ0v) is 13.7. The fraction of sp³-hybridized carbons (Fsp3) is 0. The Balaban J connectivity index is 2.03. The van der Waals surface area contributed by atoms with Crippen LogP contribution in [0, 0.1) is 17.7 Å². The van der Waals surface area contributed by atoms with E-state index in [0.29, 0.717) is 10.9 Å². The number of benzene rings is 3. The Morgan fingerprint density at radius 3 is 2.23 bits per heavy atom. The van der Waals surface area contributed by atoms with Crippen molar-refractivity contribution in [1.29, 1.82) is 0 Å². The summed E-state index contributed by atoms with van der Waals surface area (Å²) in [5.41, 5.74) is 2.17. The van der Waals surface area contributed by atoms with Crippen molar-refractivity contribution in [3.8, 4) is 23.0 Å². The van der Waals surface area contributed by atoms with Crippen LogP contribution in [0.1, 0.15) is 11.1 Å². The molecule has 0 unspecified atom stereocenters. The van der Waals surface area contributed by atoms with Gasteiger partial charge in [0.2, 0.25) is 0 Å². The lowest BCUT2D eigenvalue weighted by atomic mass is 9.97. The van der Waals surface area contributed by atoms with Gasteiger partial charge in [0, 0.05) is 22.6 Å². The third kappa shape index (κ3) is 3.01. The van der Waals surface area contributed by atoms with Crippen molar-refractivity contribution in [2.75, 3.05) is 0 Å². The largest absolute Gasteiger partial charge is 0.422 e. The van der Waals surface area contributed by atoms with Gasteiger partial charge in [-0.2, -0.15) is 0 Å². The minimum atomic E-state index is -0.578. The van der Waals surface area contributed by atoms with E-state index in [9.17, 15) is 9.18 Å². The predicted molar refractivity (Wildman–Crippen MR) is 100 cm³/mol. The van der Waals surface area contributed by atoms with Crippen LogP contribution in [0.4, 0.5) is 4.39 Å². The summed E-state index contributed by atoms with van der Waals surface area (Å²) in [5, 5.41) is 0.648. The second-order valence-corrected chi connectivity index (χ2v) is 5.76. The highest BCUT2D eigenvalue weighted by molar-refractivity contribution is 5.96. The summed E-state index contributed by atoms with van der Waals surface area (Å²) in [6, 6.07) is 23.0. The standard InChI is InChI=1S/C23H13FO2/c24-18-12-14-19-21(15-18)26-23(25)20(13-11-16-7-3-1-4-8-16)22(19)17-9-5-2-6-10-17/h1-10,12,14-15H. The zero-order chi connectivity index (χ0) is 17.9. The molecule has 0 aliphatic carbocycles. The first-order chi connectivity index (χ1) is 12.7. The van der Waals surface area contributed by atoms with E-state index < -0.39 is 11.4 Å². The van der Waals surface area contributed by atoms with Crippen molar-refractivity contribution in [2.24, 2.45) is 0 Å². The van der Waals surface area contributed by atoms with E-state index in [1.54, 1.807) is 6.07 Å². The Morgan fingerprint density at radius 2 is 1.50 bits per heavy atom. The number of hydrogen-bond acceptors (Lipinski definition) is 2. The van der Waals surface area contributed by atoms with Crippen LogP contribution in [0.3, 0.4) is 0 Å². The molecular formula is C23H13FO2. The van der Waals surface area contributed by atoms with Crippen LogP contribution in [-0.2, 0) is 0 Å². The van der Waals surface area contributed by atoms with E-state index in [4.69, 9.17) is 4.42 Å². The number of rotatable bonds is 1. The molecule has 26 heavy (non-hydrogen) atoms. The van der Waals surface area contributed by atoms with Crippen LogP contribution in [0.25, 0.3) is 22.1 Å². The average molecular weight is 340 g/mol. The van der Waals surface area contributed by atoms with Crippen molar-refractivity contribution in [3.05, 3.63) is 106 Å². The molecule has 0 saturated carbocycles. The highest BCUT2D eigenvalue weighted by Crippen LogP contribution is 2.30. The molecule has 0 atom stereocenters. The minimum absolute atomic E-state index is 0.208. The minimum Gasteiger partial charge on any atom is -0.422 e. The Labute approximate surface area is 149 Å². The highest BCUT2D eigenvalue weighted by Gasteiger charge is 2.15. The molecule has 3 aromatic carbocycles. The van der Waals surface area contributed by atoms with Gasteiger partial charge in [-0.3, -0.25) is 0 Å². The summed E-state index contributed by atoms with van der Waals surface area (Å²) in [6.07, 6.45) is 0. The Kier molecular flexibility index (Phi) is 4.09. The van der Waals surface area contributed by atoms with E-state index in [0.717, 1.165) is 11.1 Å². The molecule has 1 aromatic heterocycles. The predicted octanol–water partition coefficient (Wildman–Crippen LogP) is 5.00. The highest BCUT2D eigenvalue weighted by atomic mass is 19.1. The molecular weight excluding hydrogens is 327 g/mol. The number of halogens is 1. The van der Waals surface area contributed by atoms with E-state index in [1.165, 1.54) is 12.1 Å². The van der Waals surface area contributed by atoms with Crippen molar-refractivity contribution in [3.63, 3.8) is 0 Å². The van der Waals surface area contributed by atoms with E-state index in [-0.39, 0.29) is 11.1 Å². The lowest BCUT2D eigenvalue weighted by Crippen LogP contribution is -2.07. The maximum absolute atomic E-state index is 13.6. The van der Waals surface area contributed by atoms with Crippen molar-refractivity contribution >= 4 is 11.0 Å². The summed E-state index contributed by atoms with van der Waals surface area (Å²) in [5.74, 6) is 5.50. The molecule has 0 fully saturated rings. The number of hydrogen-bond donors (Lipinski definition) is 0. The summed E-state index contributed by atoms with van der Waals surface area (Å²) in [4.78, 5) is 12.6. The first-order valence-electron chi connectivity index (χ1n) is 8.11. The van der Waals surface area contributed by atoms with E-state index in [2.05, 4.69) is 11.8 Å². The van der Waals surface area contributed by atoms with Gasteiger partial charge in [0.25, 0.3) is 0 Å². The fourth-order valence-corrected chi connectivity index (χ4v) is 2.85. The molecule has 4 rings (SSSR count). The quantitative estimate of drug-likeness (QED) is 0.361. The maximum atomic E-state index is 13.6. The molecule has 0 N–H and O–H groups in total. The summed E-state index contributed by atoms with van der Waals surface area (Å²) >= 11 is 0. The molecule has 124 valence electrons. The first kappa shape index (κ1) is 15.9. The van der Waals surface area contributed by atoms with Crippen molar-refractivity contribution in [1.82, 2.24) is 0 Å². The average Bonchev–Trinajstić information content (AvgIpc) is 2.67. The topological polar surface area (TPSA) is 30.2 Å². The Hall–Kier alpha value is -3.64. The van der Waals surface area contributed by atoms with Crippen LogP contribution >= 0.6 is 0 Å². The van der Waals surface area contributed by atoms with Gasteiger partial charge in [-0.25, -0.2) is 9.18 Å². The Morgan fingerprint density at radius 1 is 0.808 bits per heavy atom. The molecule has 4 aromatic rings. The van der Waals surface area contributed by atoms with Gasteiger partial charge in [-0.1, -0.05) is 60.4 Å². The van der Waals surface area contributed by atoms with Crippen molar-refractivity contribution in [2.45, 2.75) is 0 Å². The van der Waals surface area contributed by atoms with Crippen LogP contribution in [0.2, 0.25) is 0 Å². The van der Waals surface area contributed by atoms with E-state index in [1.807, 2.05) is 60.7 Å². The van der Waals surface area contributed by atoms with Gasteiger partial charge in [-0.05, 0) is 29.8 Å². The lowest BCUT2D eigenvalue weighted by molar-refractivity contribution is 0.553. The molecule has 0 spiro atoms. The normalized spacial score (nSPS) is 10.3. The van der Waals surface area contributed by atoms with Crippen LogP contribution < -0.4 is 5.63 Å². The van der Waals surface area contributed by atoms with Crippen LogP contribution in [0.5, 0.6) is 0 Å². The summed E-state index contributed by atoms with van der Waals surface area (Å²) in [6.45, 7) is 0.